The van der Waals surface area contributed by atoms with Gasteiger partial charge in [-0.3, -0.25) is 0 Å². The van der Waals surface area contributed by atoms with Gasteiger partial charge in [0.25, 0.3) is 0 Å². The number of hydrogen-bond acceptors (Lipinski definition) is 4. The highest BCUT2D eigenvalue weighted by Crippen LogP contribution is 2.29. The third-order valence-electron chi connectivity index (χ3n) is 2.54. The number of halogens is 2. The first-order chi connectivity index (χ1) is 8.65. The number of benzene rings is 1. The van der Waals surface area contributed by atoms with Gasteiger partial charge in [0.1, 0.15) is 11.0 Å². The largest absolute Gasteiger partial charge is 0.421 e. The van der Waals surface area contributed by atoms with Crippen LogP contribution in [0.1, 0.15) is 5.89 Å². The van der Waals surface area contributed by atoms with Crippen molar-refractivity contribution < 1.29 is 8.81 Å². The Kier molecular flexibility index (Phi) is 2.48. The third-order valence-corrected chi connectivity index (χ3v) is 2.83. The lowest BCUT2D eigenvalue weighted by molar-refractivity contribution is 0.532. The molecule has 2 aromatic heterocycles. The minimum absolute atomic E-state index is 0.137. The molecule has 0 aliphatic rings. The molecule has 3 rings (SSSR count). The lowest BCUT2D eigenvalue weighted by atomic mass is 10.1. The van der Waals surface area contributed by atoms with Crippen molar-refractivity contribution in [3.63, 3.8) is 0 Å². The number of pyridine rings is 1. The van der Waals surface area contributed by atoms with Crippen molar-refractivity contribution in [3.8, 4) is 11.5 Å². The van der Waals surface area contributed by atoms with Gasteiger partial charge in [-0.15, -0.1) is 10.2 Å². The molecule has 2 heterocycles. The zero-order valence-electron chi connectivity index (χ0n) is 9.32. The summed E-state index contributed by atoms with van der Waals surface area (Å²) in [6.45, 7) is 1.68. The molecule has 0 amide bonds. The Morgan fingerprint density at radius 1 is 1.28 bits per heavy atom. The van der Waals surface area contributed by atoms with Gasteiger partial charge in [-0.1, -0.05) is 11.6 Å². The highest BCUT2D eigenvalue weighted by Gasteiger charge is 2.12. The second kappa shape index (κ2) is 4.03. The summed E-state index contributed by atoms with van der Waals surface area (Å²) in [7, 11) is 0. The Balaban J connectivity index is 2.28. The first-order valence-corrected chi connectivity index (χ1v) is 5.57. The molecule has 0 saturated heterocycles. The predicted molar refractivity (Wildman–Crippen MR) is 64.7 cm³/mol. The van der Waals surface area contributed by atoms with Crippen LogP contribution in [-0.4, -0.2) is 15.2 Å². The van der Waals surface area contributed by atoms with Gasteiger partial charge in [-0.25, -0.2) is 9.37 Å². The summed E-state index contributed by atoms with van der Waals surface area (Å²) in [5, 5.41) is 8.64. The highest BCUT2D eigenvalue weighted by molar-refractivity contribution is 6.34. The molecule has 0 spiro atoms. The van der Waals surface area contributed by atoms with E-state index in [2.05, 4.69) is 15.2 Å². The maximum atomic E-state index is 14.0. The van der Waals surface area contributed by atoms with E-state index in [1.165, 1.54) is 12.3 Å². The van der Waals surface area contributed by atoms with E-state index in [1.54, 1.807) is 19.1 Å². The molecule has 0 unspecified atom stereocenters. The molecule has 4 nitrogen and oxygen atoms in total. The Labute approximate surface area is 106 Å². The number of rotatable bonds is 1. The lowest BCUT2D eigenvalue weighted by Crippen LogP contribution is -1.87. The summed E-state index contributed by atoms with van der Waals surface area (Å²) in [6.07, 6.45) is 1.52. The van der Waals surface area contributed by atoms with E-state index >= 15 is 0 Å². The zero-order valence-corrected chi connectivity index (χ0v) is 10.1. The second-order valence-electron chi connectivity index (χ2n) is 3.78. The Morgan fingerprint density at radius 2 is 2.11 bits per heavy atom. The fourth-order valence-electron chi connectivity index (χ4n) is 1.76. The summed E-state index contributed by atoms with van der Waals surface area (Å²) < 4.78 is 19.3. The number of hydrogen-bond donors (Lipinski definition) is 0. The molecule has 0 atom stereocenters. The van der Waals surface area contributed by atoms with Crippen molar-refractivity contribution in [1.82, 2.24) is 15.2 Å². The van der Waals surface area contributed by atoms with Crippen LogP contribution >= 0.6 is 11.6 Å². The Morgan fingerprint density at radius 3 is 2.83 bits per heavy atom. The number of nitrogens with zero attached hydrogens (tertiary/aromatic N) is 3. The van der Waals surface area contributed by atoms with Crippen LogP contribution in [0.4, 0.5) is 4.39 Å². The molecule has 0 radical (unpaired) electrons. The van der Waals surface area contributed by atoms with E-state index in [-0.39, 0.29) is 11.0 Å². The Hall–Kier alpha value is -2.01. The van der Waals surface area contributed by atoms with Crippen molar-refractivity contribution in [2.75, 3.05) is 0 Å². The van der Waals surface area contributed by atoms with Gasteiger partial charge in [0.05, 0.1) is 5.39 Å². The first kappa shape index (κ1) is 11.1. The van der Waals surface area contributed by atoms with Gasteiger partial charge in [0, 0.05) is 18.7 Å². The van der Waals surface area contributed by atoms with E-state index in [9.17, 15) is 4.39 Å². The number of fused-ring (bicyclic) bond motifs is 1. The van der Waals surface area contributed by atoms with Crippen LogP contribution < -0.4 is 0 Å². The molecule has 0 fully saturated rings. The van der Waals surface area contributed by atoms with Crippen LogP contribution in [0.2, 0.25) is 5.15 Å². The van der Waals surface area contributed by atoms with Gasteiger partial charge >= 0.3 is 0 Å². The van der Waals surface area contributed by atoms with Gasteiger partial charge in [0.15, 0.2) is 0 Å². The van der Waals surface area contributed by atoms with E-state index in [4.69, 9.17) is 16.0 Å². The zero-order chi connectivity index (χ0) is 12.7. The lowest BCUT2D eigenvalue weighted by Gasteiger charge is -2.03. The first-order valence-electron chi connectivity index (χ1n) is 5.19. The SMILES string of the molecule is Cc1nnc(-c2cc(F)c3c(Cl)nccc3c2)o1. The van der Waals surface area contributed by atoms with Crippen LogP contribution in [0.25, 0.3) is 22.2 Å². The van der Waals surface area contributed by atoms with Crippen LogP contribution in [-0.2, 0) is 0 Å². The monoisotopic (exact) mass is 263 g/mol. The molecule has 90 valence electrons. The van der Waals surface area contributed by atoms with Crippen LogP contribution in [0.3, 0.4) is 0 Å². The quantitative estimate of drug-likeness (QED) is 0.632. The van der Waals surface area contributed by atoms with Gasteiger partial charge < -0.3 is 4.42 Å². The molecule has 3 aromatic rings. The van der Waals surface area contributed by atoms with Crippen molar-refractivity contribution in [1.29, 1.82) is 0 Å². The number of aryl methyl sites for hydroxylation is 1. The minimum Gasteiger partial charge on any atom is -0.421 e. The molecule has 0 saturated carbocycles. The Bertz CT molecular complexity index is 741. The van der Waals surface area contributed by atoms with E-state index < -0.39 is 5.82 Å². The maximum Gasteiger partial charge on any atom is 0.247 e. The molecule has 0 aliphatic heterocycles. The van der Waals surface area contributed by atoms with Crippen LogP contribution in [0.15, 0.2) is 28.8 Å². The molecule has 18 heavy (non-hydrogen) atoms. The third kappa shape index (κ3) is 1.73. The van der Waals surface area contributed by atoms with E-state index in [0.717, 1.165) is 0 Å². The maximum absolute atomic E-state index is 14.0. The van der Waals surface area contributed by atoms with Gasteiger partial charge in [0.2, 0.25) is 11.8 Å². The van der Waals surface area contributed by atoms with Gasteiger partial charge in [-0.05, 0) is 23.6 Å². The highest BCUT2D eigenvalue weighted by atomic mass is 35.5. The van der Waals surface area contributed by atoms with Crippen molar-refractivity contribution in [2.24, 2.45) is 0 Å². The fourth-order valence-corrected chi connectivity index (χ4v) is 2.02. The van der Waals surface area contributed by atoms with Crippen LogP contribution in [0.5, 0.6) is 0 Å². The molecule has 6 heteroatoms. The topological polar surface area (TPSA) is 51.8 Å². The molecular formula is C12H7ClFN3O. The average Bonchev–Trinajstić information content (AvgIpc) is 2.75. The fraction of sp³-hybridized carbons (Fsp3) is 0.0833. The smallest absolute Gasteiger partial charge is 0.247 e. The second-order valence-corrected chi connectivity index (χ2v) is 4.14. The average molecular weight is 264 g/mol. The van der Waals surface area contributed by atoms with E-state index in [1.807, 2.05) is 0 Å². The molecule has 0 aliphatic carbocycles. The van der Waals surface area contributed by atoms with E-state index in [0.29, 0.717) is 22.2 Å². The standard InChI is InChI=1S/C12H7ClFN3O/c1-6-16-17-12(18-6)8-4-7-2-3-15-11(13)10(7)9(14)5-8/h2-5H,1H3. The molecule has 0 bridgehead atoms. The summed E-state index contributed by atoms with van der Waals surface area (Å²) in [6, 6.07) is 4.72. The molecule has 0 N–H and O–H groups in total. The summed E-state index contributed by atoms with van der Waals surface area (Å²) in [5.74, 6) is 0.246. The summed E-state index contributed by atoms with van der Waals surface area (Å²) in [5.41, 5.74) is 0.517. The summed E-state index contributed by atoms with van der Waals surface area (Å²) >= 11 is 5.86. The number of aromatic nitrogens is 3. The van der Waals surface area contributed by atoms with Crippen molar-refractivity contribution >= 4 is 22.4 Å². The molecule has 1 aromatic carbocycles. The van der Waals surface area contributed by atoms with Crippen molar-refractivity contribution in [3.05, 3.63) is 41.3 Å². The predicted octanol–water partition coefficient (Wildman–Crippen LogP) is 3.39. The van der Waals surface area contributed by atoms with Gasteiger partial charge in [-0.2, -0.15) is 0 Å². The van der Waals surface area contributed by atoms with Crippen molar-refractivity contribution in [2.45, 2.75) is 6.92 Å². The molecular weight excluding hydrogens is 257 g/mol. The summed E-state index contributed by atoms with van der Waals surface area (Å²) in [4.78, 5) is 3.85. The normalized spacial score (nSPS) is 11.1. The van der Waals surface area contributed by atoms with Crippen LogP contribution in [0, 0.1) is 12.7 Å². The minimum atomic E-state index is -0.462.